The topological polar surface area (TPSA) is 115 Å². The summed E-state index contributed by atoms with van der Waals surface area (Å²) in [7, 11) is -2.65. The molecule has 1 aromatic heterocycles. The minimum absolute atomic E-state index is 0.00877. The number of aromatic nitrogens is 1. The Hall–Kier alpha value is -3.76. The molecule has 2 heterocycles. The van der Waals surface area contributed by atoms with Crippen LogP contribution in [0.25, 0.3) is 0 Å². The number of methoxy groups -OCH3 is 1. The Morgan fingerprint density at radius 1 is 1.09 bits per heavy atom. The molecule has 3 aromatic rings. The van der Waals surface area contributed by atoms with E-state index >= 15 is 0 Å². The van der Waals surface area contributed by atoms with Crippen LogP contribution in [0.5, 0.6) is 5.75 Å². The summed E-state index contributed by atoms with van der Waals surface area (Å²) in [6, 6.07) is 16.9. The Morgan fingerprint density at radius 2 is 1.89 bits per heavy atom. The van der Waals surface area contributed by atoms with E-state index < -0.39 is 22.6 Å². The molecule has 0 saturated heterocycles. The summed E-state index contributed by atoms with van der Waals surface area (Å²) in [6.07, 6.45) is 2.77. The van der Waals surface area contributed by atoms with Crippen LogP contribution >= 0.6 is 0 Å². The smallest absolute Gasteiger partial charge is 0.338 e. The van der Waals surface area contributed by atoms with E-state index in [1.807, 2.05) is 30.3 Å². The van der Waals surface area contributed by atoms with E-state index in [0.29, 0.717) is 13.0 Å². The van der Waals surface area contributed by atoms with Gasteiger partial charge in [0.05, 0.1) is 12.7 Å². The number of benzene rings is 2. The largest absolute Gasteiger partial charge is 0.495 e. The number of esters is 1. The molecule has 10 heteroatoms. The van der Waals surface area contributed by atoms with Crippen molar-refractivity contribution < 1.29 is 27.5 Å². The van der Waals surface area contributed by atoms with E-state index in [2.05, 4.69) is 9.71 Å². The van der Waals surface area contributed by atoms with Crippen LogP contribution in [0.1, 0.15) is 21.6 Å². The Bertz CT molecular complexity index is 1330. The molecule has 182 valence electrons. The normalized spacial score (nSPS) is 12.8. The number of hydrogen-bond acceptors (Lipinski definition) is 7. The van der Waals surface area contributed by atoms with Crippen molar-refractivity contribution in [2.24, 2.45) is 0 Å². The molecular weight excluding hydrogens is 470 g/mol. The highest BCUT2D eigenvalue weighted by atomic mass is 32.2. The van der Waals surface area contributed by atoms with Gasteiger partial charge in [0.15, 0.2) is 6.61 Å². The lowest BCUT2D eigenvalue weighted by Crippen LogP contribution is -2.33. The Morgan fingerprint density at radius 3 is 2.66 bits per heavy atom. The number of carbonyl (C=O) groups is 2. The highest BCUT2D eigenvalue weighted by molar-refractivity contribution is 7.89. The number of sulfonamides is 1. The van der Waals surface area contributed by atoms with Crippen LogP contribution in [0.3, 0.4) is 0 Å². The quantitative estimate of drug-likeness (QED) is 0.453. The summed E-state index contributed by atoms with van der Waals surface area (Å²) in [6.45, 7) is 0.178. The Balaban J connectivity index is 1.42. The maximum absolute atomic E-state index is 12.9. The van der Waals surface area contributed by atoms with Crippen LogP contribution in [0, 0.1) is 0 Å². The van der Waals surface area contributed by atoms with E-state index in [9.17, 15) is 18.0 Å². The van der Waals surface area contributed by atoms with Crippen LogP contribution in [-0.4, -0.2) is 52.1 Å². The van der Waals surface area contributed by atoms with Crippen molar-refractivity contribution in [1.29, 1.82) is 0 Å². The minimum atomic E-state index is -3.99. The van der Waals surface area contributed by atoms with Crippen LogP contribution in [0.15, 0.2) is 71.8 Å². The fourth-order valence-electron chi connectivity index (χ4n) is 3.84. The molecule has 0 atom stereocenters. The summed E-state index contributed by atoms with van der Waals surface area (Å²) < 4.78 is 38.7. The highest BCUT2D eigenvalue weighted by Crippen LogP contribution is 2.28. The SMILES string of the molecule is COc1ccc(C(=O)OCC(=O)N2CCc3ccccc32)cc1S(=O)(=O)NCCc1ccccn1. The van der Waals surface area contributed by atoms with E-state index in [4.69, 9.17) is 9.47 Å². The van der Waals surface area contributed by atoms with Gasteiger partial charge in [-0.05, 0) is 48.4 Å². The zero-order valence-corrected chi connectivity index (χ0v) is 20.0. The number of carbonyl (C=O) groups excluding carboxylic acids is 2. The number of ether oxygens (including phenoxy) is 2. The van der Waals surface area contributed by atoms with Gasteiger partial charge in [0.25, 0.3) is 5.91 Å². The number of anilines is 1. The molecule has 0 fully saturated rings. The monoisotopic (exact) mass is 495 g/mol. The lowest BCUT2D eigenvalue weighted by atomic mass is 10.2. The Labute approximate surface area is 203 Å². The number of rotatable bonds is 9. The van der Waals surface area contributed by atoms with Crippen molar-refractivity contribution in [3.8, 4) is 5.75 Å². The van der Waals surface area contributed by atoms with Crippen molar-refractivity contribution in [3.05, 3.63) is 83.7 Å². The fraction of sp³-hybridized carbons (Fsp3) is 0.240. The van der Waals surface area contributed by atoms with Gasteiger partial charge in [0.1, 0.15) is 10.6 Å². The maximum atomic E-state index is 12.9. The third kappa shape index (κ3) is 5.67. The number of hydrogen-bond donors (Lipinski definition) is 1. The van der Waals surface area contributed by atoms with Gasteiger partial charge in [-0.2, -0.15) is 0 Å². The molecule has 35 heavy (non-hydrogen) atoms. The third-order valence-corrected chi connectivity index (χ3v) is 7.09. The van der Waals surface area contributed by atoms with Gasteiger partial charge in [-0.15, -0.1) is 0 Å². The van der Waals surface area contributed by atoms with Crippen molar-refractivity contribution in [2.75, 3.05) is 31.7 Å². The second kappa shape index (κ2) is 10.7. The van der Waals surface area contributed by atoms with Crippen molar-refractivity contribution >= 4 is 27.6 Å². The molecule has 2 aromatic carbocycles. The summed E-state index contributed by atoms with van der Waals surface area (Å²) in [4.78, 5) is 30.8. The summed E-state index contributed by atoms with van der Waals surface area (Å²) in [5, 5.41) is 0. The number of nitrogens with zero attached hydrogens (tertiary/aromatic N) is 2. The van der Waals surface area contributed by atoms with Crippen LogP contribution in [0.2, 0.25) is 0 Å². The number of amides is 1. The van der Waals surface area contributed by atoms with E-state index in [-0.39, 0.29) is 28.7 Å². The van der Waals surface area contributed by atoms with Gasteiger partial charge in [-0.1, -0.05) is 24.3 Å². The first-order valence-corrected chi connectivity index (χ1v) is 12.5. The first-order valence-electron chi connectivity index (χ1n) is 11.0. The molecule has 9 nitrogen and oxygen atoms in total. The fourth-order valence-corrected chi connectivity index (χ4v) is 5.06. The molecule has 1 N–H and O–H groups in total. The number of pyridine rings is 1. The molecular formula is C25H25N3O6S. The van der Waals surface area contributed by atoms with E-state index in [1.165, 1.54) is 25.3 Å². The van der Waals surface area contributed by atoms with Crippen LogP contribution in [-0.2, 0) is 32.4 Å². The number of nitrogens with one attached hydrogen (secondary N) is 1. The molecule has 0 saturated carbocycles. The predicted molar refractivity (Wildman–Crippen MR) is 129 cm³/mol. The van der Waals surface area contributed by atoms with Gasteiger partial charge in [0.2, 0.25) is 10.0 Å². The van der Waals surface area contributed by atoms with Crippen molar-refractivity contribution in [2.45, 2.75) is 17.7 Å². The number of para-hydroxylation sites is 1. The lowest BCUT2D eigenvalue weighted by Gasteiger charge is -2.17. The standard InChI is InChI=1S/C25H25N3O6S/c1-33-22-10-9-19(16-23(22)35(31,32)27-14-11-20-7-4-5-13-26-20)25(30)34-17-24(29)28-15-12-18-6-2-3-8-21(18)28/h2-10,13,16,27H,11-12,14-15,17H2,1H3. The van der Waals surface area contributed by atoms with Crippen molar-refractivity contribution in [3.63, 3.8) is 0 Å². The second-order valence-electron chi connectivity index (χ2n) is 7.83. The van der Waals surface area contributed by atoms with Gasteiger partial charge in [-0.3, -0.25) is 9.78 Å². The van der Waals surface area contributed by atoms with Gasteiger partial charge < -0.3 is 14.4 Å². The lowest BCUT2D eigenvalue weighted by molar-refractivity contribution is -0.121. The summed E-state index contributed by atoms with van der Waals surface area (Å²) >= 11 is 0. The molecule has 0 spiro atoms. The second-order valence-corrected chi connectivity index (χ2v) is 9.57. The van der Waals surface area contributed by atoms with Gasteiger partial charge >= 0.3 is 5.97 Å². The first kappa shape index (κ1) is 24.4. The predicted octanol–water partition coefficient (Wildman–Crippen LogP) is 2.36. The number of fused-ring (bicyclic) bond motifs is 1. The summed E-state index contributed by atoms with van der Waals surface area (Å²) in [5.41, 5.74) is 2.60. The van der Waals surface area contributed by atoms with Gasteiger partial charge in [-0.25, -0.2) is 17.9 Å². The molecule has 0 radical (unpaired) electrons. The van der Waals surface area contributed by atoms with E-state index in [0.717, 1.165) is 23.4 Å². The molecule has 1 amide bonds. The molecule has 0 unspecified atom stereocenters. The molecule has 1 aliphatic heterocycles. The molecule has 0 aliphatic carbocycles. The highest BCUT2D eigenvalue weighted by Gasteiger charge is 2.26. The summed E-state index contributed by atoms with van der Waals surface area (Å²) in [5.74, 6) is -1.07. The zero-order valence-electron chi connectivity index (χ0n) is 19.1. The van der Waals surface area contributed by atoms with Crippen LogP contribution in [0.4, 0.5) is 5.69 Å². The van der Waals surface area contributed by atoms with Crippen LogP contribution < -0.4 is 14.4 Å². The minimum Gasteiger partial charge on any atom is -0.495 e. The zero-order chi connectivity index (χ0) is 24.8. The molecule has 4 rings (SSSR count). The average Bonchev–Trinajstić information content (AvgIpc) is 3.31. The maximum Gasteiger partial charge on any atom is 0.338 e. The Kier molecular flexibility index (Phi) is 7.42. The third-order valence-electron chi connectivity index (χ3n) is 5.60. The average molecular weight is 496 g/mol. The van der Waals surface area contributed by atoms with Gasteiger partial charge in [0, 0.05) is 37.1 Å². The van der Waals surface area contributed by atoms with E-state index in [1.54, 1.807) is 23.2 Å². The molecule has 1 aliphatic rings. The van der Waals surface area contributed by atoms with Crippen molar-refractivity contribution in [1.82, 2.24) is 9.71 Å². The first-order chi connectivity index (χ1) is 16.9. The molecule has 0 bridgehead atoms.